The Bertz CT molecular complexity index is 499. The molecule has 1 heterocycles. The third-order valence-electron chi connectivity index (χ3n) is 4.06. The highest BCUT2D eigenvalue weighted by Gasteiger charge is 2.35. The molecule has 0 bridgehead atoms. The molecule has 0 aliphatic carbocycles. The first-order valence-corrected chi connectivity index (χ1v) is 8.40. The van der Waals surface area contributed by atoms with Crippen LogP contribution in [-0.4, -0.2) is 72.0 Å². The molecule has 1 rings (SSSR count). The lowest BCUT2D eigenvalue weighted by atomic mass is 10.1. The summed E-state index contributed by atoms with van der Waals surface area (Å²) < 4.78 is 0. The van der Waals surface area contributed by atoms with E-state index in [4.69, 9.17) is 11.5 Å². The summed E-state index contributed by atoms with van der Waals surface area (Å²) in [6.07, 6.45) is 2.64. The molecule has 0 saturated carbocycles. The minimum Gasteiger partial charge on any atom is -0.480 e. The molecule has 3 amide bonds. The van der Waals surface area contributed by atoms with Crippen LogP contribution in [0.25, 0.3) is 0 Å². The van der Waals surface area contributed by atoms with Crippen LogP contribution in [0.4, 0.5) is 0 Å². The van der Waals surface area contributed by atoms with Crippen molar-refractivity contribution in [2.24, 2.45) is 11.5 Å². The number of nitrogens with two attached hydrogens (primary N) is 2. The number of rotatable bonds is 10. The van der Waals surface area contributed by atoms with E-state index >= 15 is 0 Å². The average molecular weight is 357 g/mol. The minimum absolute atomic E-state index is 0.222. The van der Waals surface area contributed by atoms with E-state index in [0.29, 0.717) is 38.8 Å². The zero-order chi connectivity index (χ0) is 18.8. The molecule has 7 N–H and O–H groups in total. The van der Waals surface area contributed by atoms with Crippen LogP contribution in [0.15, 0.2) is 0 Å². The Morgan fingerprint density at radius 1 is 1.20 bits per heavy atom. The average Bonchev–Trinajstić information content (AvgIpc) is 3.08. The molecule has 0 aromatic rings. The number of carboxylic acids is 1. The quantitative estimate of drug-likeness (QED) is 0.275. The van der Waals surface area contributed by atoms with E-state index in [1.807, 2.05) is 0 Å². The first-order chi connectivity index (χ1) is 11.9. The normalized spacial score (nSPS) is 17.8. The highest BCUT2D eigenvalue weighted by Crippen LogP contribution is 2.18. The molecular weight excluding hydrogens is 330 g/mol. The number of aliphatic carboxylic acids is 1. The first-order valence-electron chi connectivity index (χ1n) is 8.40. The molecule has 0 aromatic heterocycles. The smallest absolute Gasteiger partial charge is 0.326 e. The number of likely N-dealkylation sites (tertiary alicyclic amines) is 1. The van der Waals surface area contributed by atoms with Gasteiger partial charge in [-0.2, -0.15) is 0 Å². The molecule has 2 unspecified atom stereocenters. The molecular formula is C15H27N5O5. The van der Waals surface area contributed by atoms with Crippen molar-refractivity contribution in [3.8, 4) is 0 Å². The van der Waals surface area contributed by atoms with Crippen LogP contribution in [-0.2, 0) is 19.2 Å². The summed E-state index contributed by atoms with van der Waals surface area (Å²) in [5, 5.41) is 14.1. The Hall–Kier alpha value is -2.20. The SMILES string of the molecule is NCCCCC(NC(=O)C1CCCN1C(=O)CNC(=O)CN)C(=O)O. The lowest BCUT2D eigenvalue weighted by Crippen LogP contribution is -2.52. The van der Waals surface area contributed by atoms with Gasteiger partial charge < -0.3 is 32.1 Å². The van der Waals surface area contributed by atoms with Gasteiger partial charge >= 0.3 is 5.97 Å². The standard InChI is InChI=1S/C15H27N5O5/c16-6-2-1-4-10(15(24)25)19-14(23)11-5-3-7-20(11)13(22)9-18-12(21)8-17/h10-11H,1-9,16-17H2,(H,18,21)(H,19,23)(H,24,25). The molecule has 1 fully saturated rings. The Balaban J connectivity index is 2.60. The summed E-state index contributed by atoms with van der Waals surface area (Å²) in [5.74, 6) is -2.46. The second kappa shape index (κ2) is 10.6. The van der Waals surface area contributed by atoms with Crippen LogP contribution in [0.2, 0.25) is 0 Å². The van der Waals surface area contributed by atoms with Crippen molar-refractivity contribution < 1.29 is 24.3 Å². The van der Waals surface area contributed by atoms with Crippen molar-refractivity contribution in [2.45, 2.75) is 44.2 Å². The van der Waals surface area contributed by atoms with Crippen molar-refractivity contribution >= 4 is 23.7 Å². The summed E-state index contributed by atoms with van der Waals surface area (Å²) in [5.41, 5.74) is 10.5. The van der Waals surface area contributed by atoms with E-state index in [1.165, 1.54) is 4.90 Å². The number of hydrogen-bond acceptors (Lipinski definition) is 6. The fourth-order valence-corrected chi connectivity index (χ4v) is 2.70. The second-order valence-electron chi connectivity index (χ2n) is 5.91. The van der Waals surface area contributed by atoms with Gasteiger partial charge in [0.05, 0.1) is 13.1 Å². The highest BCUT2D eigenvalue weighted by molar-refractivity contribution is 5.92. The summed E-state index contributed by atoms with van der Waals surface area (Å²) >= 11 is 0. The Morgan fingerprint density at radius 2 is 1.92 bits per heavy atom. The van der Waals surface area contributed by atoms with E-state index in [1.54, 1.807) is 0 Å². The second-order valence-corrected chi connectivity index (χ2v) is 5.91. The summed E-state index contributed by atoms with van der Waals surface area (Å²) in [4.78, 5) is 48.4. The van der Waals surface area contributed by atoms with E-state index in [9.17, 15) is 24.3 Å². The van der Waals surface area contributed by atoms with Gasteiger partial charge in [-0.3, -0.25) is 14.4 Å². The number of carbonyl (C=O) groups is 4. The minimum atomic E-state index is -1.11. The Kier molecular flexibility index (Phi) is 8.86. The molecule has 1 aliphatic heterocycles. The van der Waals surface area contributed by atoms with Gasteiger partial charge in [-0.1, -0.05) is 0 Å². The third-order valence-corrected chi connectivity index (χ3v) is 4.06. The van der Waals surface area contributed by atoms with Gasteiger partial charge in [0.25, 0.3) is 0 Å². The number of amides is 3. The van der Waals surface area contributed by atoms with Crippen LogP contribution in [0.1, 0.15) is 32.1 Å². The summed E-state index contributed by atoms with van der Waals surface area (Å²) in [6.45, 7) is 0.388. The summed E-state index contributed by atoms with van der Waals surface area (Å²) in [6, 6.07) is -1.73. The fourth-order valence-electron chi connectivity index (χ4n) is 2.70. The molecule has 10 nitrogen and oxygen atoms in total. The fraction of sp³-hybridized carbons (Fsp3) is 0.733. The van der Waals surface area contributed by atoms with Crippen LogP contribution >= 0.6 is 0 Å². The van der Waals surface area contributed by atoms with Crippen molar-refractivity contribution in [3.05, 3.63) is 0 Å². The van der Waals surface area contributed by atoms with Crippen LogP contribution in [0.3, 0.4) is 0 Å². The molecule has 2 atom stereocenters. The van der Waals surface area contributed by atoms with Gasteiger partial charge in [-0.05, 0) is 38.6 Å². The van der Waals surface area contributed by atoms with Crippen molar-refractivity contribution in [1.82, 2.24) is 15.5 Å². The molecule has 10 heteroatoms. The topological polar surface area (TPSA) is 168 Å². The number of unbranched alkanes of at least 4 members (excludes halogenated alkanes) is 1. The lowest BCUT2D eigenvalue weighted by Gasteiger charge is -2.25. The Labute approximate surface area is 146 Å². The van der Waals surface area contributed by atoms with Gasteiger partial charge in [-0.25, -0.2) is 4.79 Å². The highest BCUT2D eigenvalue weighted by atomic mass is 16.4. The molecule has 25 heavy (non-hydrogen) atoms. The third kappa shape index (κ3) is 6.67. The number of carbonyl (C=O) groups excluding carboxylic acids is 3. The van der Waals surface area contributed by atoms with E-state index in [0.717, 1.165) is 0 Å². The molecule has 0 radical (unpaired) electrons. The predicted molar refractivity (Wildman–Crippen MR) is 89.3 cm³/mol. The monoisotopic (exact) mass is 357 g/mol. The largest absolute Gasteiger partial charge is 0.480 e. The maximum atomic E-state index is 12.4. The van der Waals surface area contributed by atoms with E-state index in [-0.39, 0.29) is 19.5 Å². The molecule has 0 spiro atoms. The van der Waals surface area contributed by atoms with Crippen LogP contribution < -0.4 is 22.1 Å². The van der Waals surface area contributed by atoms with Crippen LogP contribution in [0.5, 0.6) is 0 Å². The molecule has 1 aliphatic rings. The first kappa shape index (κ1) is 20.8. The predicted octanol–water partition coefficient (Wildman–Crippen LogP) is -2.25. The number of carboxylic acid groups (broad SMARTS) is 1. The van der Waals surface area contributed by atoms with Crippen molar-refractivity contribution in [3.63, 3.8) is 0 Å². The zero-order valence-electron chi connectivity index (χ0n) is 14.2. The van der Waals surface area contributed by atoms with E-state index < -0.39 is 35.8 Å². The number of hydrogen-bond donors (Lipinski definition) is 5. The number of nitrogens with zero attached hydrogens (tertiary/aromatic N) is 1. The lowest BCUT2D eigenvalue weighted by molar-refractivity contribution is -0.144. The van der Waals surface area contributed by atoms with Gasteiger partial charge in [0.15, 0.2) is 0 Å². The van der Waals surface area contributed by atoms with Crippen molar-refractivity contribution in [1.29, 1.82) is 0 Å². The van der Waals surface area contributed by atoms with Gasteiger partial charge in [0, 0.05) is 6.54 Å². The number of nitrogens with one attached hydrogen (secondary N) is 2. The maximum absolute atomic E-state index is 12.4. The zero-order valence-corrected chi connectivity index (χ0v) is 14.2. The Morgan fingerprint density at radius 3 is 2.52 bits per heavy atom. The molecule has 142 valence electrons. The van der Waals surface area contributed by atoms with Gasteiger partial charge in [-0.15, -0.1) is 0 Å². The maximum Gasteiger partial charge on any atom is 0.326 e. The molecule has 1 saturated heterocycles. The van der Waals surface area contributed by atoms with Gasteiger partial charge in [0.1, 0.15) is 12.1 Å². The summed E-state index contributed by atoms with van der Waals surface area (Å²) in [7, 11) is 0. The van der Waals surface area contributed by atoms with Crippen molar-refractivity contribution in [2.75, 3.05) is 26.2 Å². The van der Waals surface area contributed by atoms with Gasteiger partial charge in [0.2, 0.25) is 17.7 Å². The molecule has 0 aromatic carbocycles. The van der Waals surface area contributed by atoms with E-state index in [2.05, 4.69) is 10.6 Å². The van der Waals surface area contributed by atoms with Crippen LogP contribution in [0, 0.1) is 0 Å².